The number of nitrogens with one attached hydrogen (secondary N) is 1. The zero-order valence-electron chi connectivity index (χ0n) is 16.6. The Morgan fingerprint density at radius 1 is 1.00 bits per heavy atom. The minimum absolute atomic E-state index is 0.0401. The quantitative estimate of drug-likeness (QED) is 0.742. The molecule has 0 radical (unpaired) electrons. The van der Waals surface area contributed by atoms with E-state index in [2.05, 4.69) is 47.8 Å². The zero-order valence-corrected chi connectivity index (χ0v) is 16.6. The van der Waals surface area contributed by atoms with Gasteiger partial charge in [0.2, 0.25) is 5.91 Å². The van der Waals surface area contributed by atoms with Crippen LogP contribution in [0.15, 0.2) is 60.7 Å². The molecule has 29 heavy (non-hydrogen) atoms. The van der Waals surface area contributed by atoms with E-state index in [1.54, 1.807) is 0 Å². The summed E-state index contributed by atoms with van der Waals surface area (Å²) in [6.07, 6.45) is 8.41. The van der Waals surface area contributed by atoms with Gasteiger partial charge >= 0.3 is 0 Å². The number of fused-ring (bicyclic) bond motifs is 3. The van der Waals surface area contributed by atoms with Crippen LogP contribution in [0.25, 0.3) is 0 Å². The fourth-order valence-electron chi connectivity index (χ4n) is 4.92. The first-order chi connectivity index (χ1) is 14.3. The fraction of sp³-hybridized carbons (Fsp3) is 0.400. The number of carbonyl (C=O) groups is 1. The molecular weight excluding hydrogens is 362 g/mol. The summed E-state index contributed by atoms with van der Waals surface area (Å²) in [5, 5.41) is 3.37. The molecule has 0 saturated heterocycles. The standard InChI is InChI=1S/C25H27NO3/c27-25(21-15-18-6-8-19(21)14-18)26-22(10-7-17-4-2-1-3-5-17)20-9-11-23-24(16-20)29-13-12-28-23/h1-6,8-9,11,16,18-19,21-22H,7,10,12-15H2,(H,26,27)/t18-,19+,21-,22+/m1/s1. The van der Waals surface area contributed by atoms with Gasteiger partial charge in [0.25, 0.3) is 0 Å². The third kappa shape index (κ3) is 3.89. The summed E-state index contributed by atoms with van der Waals surface area (Å²) < 4.78 is 11.4. The Morgan fingerprint density at radius 3 is 2.59 bits per heavy atom. The van der Waals surface area contributed by atoms with Crippen LogP contribution in [0.3, 0.4) is 0 Å². The topological polar surface area (TPSA) is 47.6 Å². The maximum atomic E-state index is 13.1. The second-order valence-electron chi connectivity index (χ2n) is 8.38. The molecule has 1 aliphatic heterocycles. The number of amides is 1. The molecule has 1 fully saturated rings. The van der Waals surface area contributed by atoms with Crippen molar-refractivity contribution in [1.82, 2.24) is 5.32 Å². The average molecular weight is 389 g/mol. The van der Waals surface area contributed by atoms with Crippen molar-refractivity contribution in [1.29, 1.82) is 0 Å². The van der Waals surface area contributed by atoms with Crippen LogP contribution >= 0.6 is 0 Å². The summed E-state index contributed by atoms with van der Waals surface area (Å²) in [7, 11) is 0. The van der Waals surface area contributed by atoms with Crippen LogP contribution in [0.4, 0.5) is 0 Å². The van der Waals surface area contributed by atoms with Gasteiger partial charge in [0.1, 0.15) is 13.2 Å². The molecule has 2 aromatic rings. The van der Waals surface area contributed by atoms with E-state index in [1.807, 2.05) is 18.2 Å². The highest BCUT2D eigenvalue weighted by atomic mass is 16.6. The number of benzene rings is 2. The zero-order chi connectivity index (χ0) is 19.6. The van der Waals surface area contributed by atoms with Gasteiger partial charge in [0.15, 0.2) is 11.5 Å². The van der Waals surface area contributed by atoms with E-state index < -0.39 is 0 Å². The lowest BCUT2D eigenvalue weighted by atomic mass is 9.91. The Hall–Kier alpha value is -2.75. The van der Waals surface area contributed by atoms with Crippen molar-refractivity contribution in [2.45, 2.75) is 31.7 Å². The van der Waals surface area contributed by atoms with Crippen molar-refractivity contribution in [3.63, 3.8) is 0 Å². The predicted molar refractivity (Wildman–Crippen MR) is 112 cm³/mol. The number of rotatable bonds is 6. The van der Waals surface area contributed by atoms with Crippen LogP contribution in [0.1, 0.15) is 36.4 Å². The molecule has 2 aromatic carbocycles. The van der Waals surface area contributed by atoms with Crippen molar-refractivity contribution >= 4 is 5.91 Å². The van der Waals surface area contributed by atoms with Crippen LogP contribution < -0.4 is 14.8 Å². The van der Waals surface area contributed by atoms with Crippen molar-refractivity contribution < 1.29 is 14.3 Å². The number of aryl methyl sites for hydroxylation is 1. The van der Waals surface area contributed by atoms with Crippen molar-refractivity contribution in [2.24, 2.45) is 17.8 Å². The lowest BCUT2D eigenvalue weighted by Gasteiger charge is -2.26. The largest absolute Gasteiger partial charge is 0.486 e. The van der Waals surface area contributed by atoms with Crippen molar-refractivity contribution in [2.75, 3.05) is 13.2 Å². The first kappa shape index (κ1) is 18.3. The normalized spacial score (nSPS) is 25.0. The number of hydrogen-bond acceptors (Lipinski definition) is 3. The Bertz CT molecular complexity index is 908. The van der Waals surface area contributed by atoms with Gasteiger partial charge in [-0.25, -0.2) is 0 Å². The summed E-state index contributed by atoms with van der Waals surface area (Å²) >= 11 is 0. The van der Waals surface area contributed by atoms with Crippen molar-refractivity contribution in [3.05, 3.63) is 71.8 Å². The maximum absolute atomic E-state index is 13.1. The average Bonchev–Trinajstić information content (AvgIpc) is 3.41. The summed E-state index contributed by atoms with van der Waals surface area (Å²) in [6, 6.07) is 16.5. The van der Waals surface area contributed by atoms with E-state index in [1.165, 1.54) is 5.56 Å². The minimum Gasteiger partial charge on any atom is -0.486 e. The van der Waals surface area contributed by atoms with E-state index >= 15 is 0 Å². The van der Waals surface area contributed by atoms with Crippen molar-refractivity contribution in [3.8, 4) is 11.5 Å². The van der Waals surface area contributed by atoms with Crippen LogP contribution in [-0.2, 0) is 11.2 Å². The smallest absolute Gasteiger partial charge is 0.224 e. The van der Waals surface area contributed by atoms with Gasteiger partial charge in [0, 0.05) is 5.92 Å². The Balaban J connectivity index is 1.35. The molecule has 2 aliphatic carbocycles. The number of ether oxygens (including phenoxy) is 2. The molecule has 1 N–H and O–H groups in total. The summed E-state index contributed by atoms with van der Waals surface area (Å²) in [4.78, 5) is 13.1. The molecule has 1 heterocycles. The second kappa shape index (κ2) is 7.94. The first-order valence-electron chi connectivity index (χ1n) is 10.7. The molecule has 4 atom stereocenters. The maximum Gasteiger partial charge on any atom is 0.224 e. The van der Waals surface area contributed by atoms with E-state index in [-0.39, 0.29) is 17.9 Å². The molecule has 150 valence electrons. The van der Waals surface area contributed by atoms with E-state index in [0.717, 1.165) is 42.7 Å². The highest BCUT2D eigenvalue weighted by Crippen LogP contribution is 2.44. The van der Waals surface area contributed by atoms with Crippen LogP contribution in [0.5, 0.6) is 11.5 Å². The van der Waals surface area contributed by atoms with Crippen LogP contribution in [-0.4, -0.2) is 19.1 Å². The van der Waals surface area contributed by atoms with Gasteiger partial charge in [-0.2, -0.15) is 0 Å². The van der Waals surface area contributed by atoms with Gasteiger partial charge < -0.3 is 14.8 Å². The Labute approximate surface area is 171 Å². The second-order valence-corrected chi connectivity index (χ2v) is 8.38. The highest BCUT2D eigenvalue weighted by molar-refractivity contribution is 5.80. The lowest BCUT2D eigenvalue weighted by Crippen LogP contribution is -2.36. The SMILES string of the molecule is O=C(N[C@@H](CCc1ccccc1)c1ccc2c(c1)OCCO2)[C@@H]1C[C@@H]2C=C[C@H]1C2. The first-order valence-corrected chi connectivity index (χ1v) is 10.7. The van der Waals surface area contributed by atoms with E-state index in [4.69, 9.17) is 9.47 Å². The van der Waals surface area contributed by atoms with E-state index in [0.29, 0.717) is 25.0 Å². The Kier molecular flexibility index (Phi) is 5.01. The molecular formula is C25H27NO3. The van der Waals surface area contributed by atoms with Gasteiger partial charge in [0.05, 0.1) is 6.04 Å². The molecule has 2 bridgehead atoms. The molecule has 1 saturated carbocycles. The van der Waals surface area contributed by atoms with Gasteiger partial charge in [-0.1, -0.05) is 48.6 Å². The number of allylic oxidation sites excluding steroid dienone is 2. The molecule has 0 unspecified atom stereocenters. The molecule has 5 rings (SSSR count). The minimum atomic E-state index is -0.0401. The highest BCUT2D eigenvalue weighted by Gasteiger charge is 2.40. The third-order valence-corrected chi connectivity index (χ3v) is 6.47. The summed E-state index contributed by atoms with van der Waals surface area (Å²) in [5.41, 5.74) is 2.37. The Morgan fingerprint density at radius 2 is 1.83 bits per heavy atom. The summed E-state index contributed by atoms with van der Waals surface area (Å²) in [5.74, 6) is 2.86. The number of hydrogen-bond donors (Lipinski definition) is 1. The van der Waals surface area contributed by atoms with Crippen LogP contribution in [0.2, 0.25) is 0 Å². The monoisotopic (exact) mass is 389 g/mol. The molecule has 0 spiro atoms. The molecule has 4 nitrogen and oxygen atoms in total. The van der Waals surface area contributed by atoms with Gasteiger partial charge in [-0.15, -0.1) is 0 Å². The predicted octanol–water partition coefficient (Wildman–Crippen LogP) is 4.46. The van der Waals surface area contributed by atoms with Gasteiger partial charge in [-0.05, 0) is 60.8 Å². The summed E-state index contributed by atoms with van der Waals surface area (Å²) in [6.45, 7) is 1.15. The van der Waals surface area contributed by atoms with Gasteiger partial charge in [-0.3, -0.25) is 4.79 Å². The lowest BCUT2D eigenvalue weighted by molar-refractivity contribution is -0.126. The van der Waals surface area contributed by atoms with Crippen LogP contribution in [0, 0.1) is 17.8 Å². The molecule has 4 heteroatoms. The molecule has 3 aliphatic rings. The molecule has 0 aromatic heterocycles. The molecule has 1 amide bonds. The number of carbonyl (C=O) groups excluding carboxylic acids is 1. The fourth-order valence-corrected chi connectivity index (χ4v) is 4.92. The third-order valence-electron chi connectivity index (χ3n) is 6.47. The van der Waals surface area contributed by atoms with E-state index in [9.17, 15) is 4.79 Å².